The minimum atomic E-state index is 0.563. The summed E-state index contributed by atoms with van der Waals surface area (Å²) >= 11 is 0. The van der Waals surface area contributed by atoms with Crippen LogP contribution in [-0.4, -0.2) is 42.2 Å². The van der Waals surface area contributed by atoms with E-state index in [1.54, 1.807) is 0 Å². The van der Waals surface area contributed by atoms with Gasteiger partial charge in [-0.1, -0.05) is 31.2 Å². The summed E-state index contributed by atoms with van der Waals surface area (Å²) in [6.45, 7) is 7.14. The number of nitrogens with zero attached hydrogens (tertiary/aromatic N) is 2. The average molecular weight is 349 g/mol. The highest BCUT2D eigenvalue weighted by atomic mass is 16.5. The van der Waals surface area contributed by atoms with E-state index in [1.165, 1.54) is 17.6 Å². The second-order valence-electron chi connectivity index (χ2n) is 7.44. The highest BCUT2D eigenvalue weighted by molar-refractivity contribution is 5.62. The minimum Gasteiger partial charge on any atom is -0.489 e. The Hall–Kier alpha value is -2.17. The number of para-hydroxylation sites is 1. The van der Waals surface area contributed by atoms with Gasteiger partial charge in [0.25, 0.3) is 0 Å². The number of fused-ring (bicyclic) bond motifs is 1. The number of likely N-dealkylation sites (tertiary alicyclic amines) is 1. The number of benzene rings is 1. The highest BCUT2D eigenvalue weighted by Crippen LogP contribution is 2.26. The number of ether oxygens (including phenoxy) is 1. The quantitative estimate of drug-likeness (QED) is 0.898. The summed E-state index contributed by atoms with van der Waals surface area (Å²) in [7, 11) is 0. The lowest BCUT2D eigenvalue weighted by Gasteiger charge is -2.37. The van der Waals surface area contributed by atoms with Gasteiger partial charge in [-0.2, -0.15) is 0 Å². The van der Waals surface area contributed by atoms with Crippen molar-refractivity contribution in [2.75, 3.05) is 26.2 Å². The molecule has 2 aliphatic heterocycles. The van der Waals surface area contributed by atoms with Crippen LogP contribution in [0.5, 0.6) is 5.75 Å². The van der Waals surface area contributed by atoms with Crippen LogP contribution in [0.2, 0.25) is 0 Å². The monoisotopic (exact) mass is 349 g/mol. The van der Waals surface area contributed by atoms with E-state index < -0.39 is 0 Å². The van der Waals surface area contributed by atoms with Gasteiger partial charge in [0.2, 0.25) is 0 Å². The van der Waals surface area contributed by atoms with E-state index in [9.17, 15) is 0 Å². The maximum Gasteiger partial charge on any atom is 0.127 e. The third kappa shape index (κ3) is 4.14. The molecule has 0 saturated carbocycles. The smallest absolute Gasteiger partial charge is 0.127 e. The van der Waals surface area contributed by atoms with Crippen molar-refractivity contribution in [1.29, 1.82) is 0 Å². The van der Waals surface area contributed by atoms with E-state index in [1.807, 2.05) is 24.4 Å². The maximum absolute atomic E-state index is 5.86. The van der Waals surface area contributed by atoms with E-state index in [4.69, 9.17) is 4.74 Å². The Bertz CT molecular complexity index is 759. The topological polar surface area (TPSA) is 37.4 Å². The van der Waals surface area contributed by atoms with Gasteiger partial charge in [0.15, 0.2) is 0 Å². The number of hydrogen-bond acceptors (Lipinski definition) is 4. The fourth-order valence-electron chi connectivity index (χ4n) is 3.93. The van der Waals surface area contributed by atoms with Crippen LogP contribution >= 0.6 is 0 Å². The van der Waals surface area contributed by atoms with Crippen molar-refractivity contribution < 1.29 is 4.74 Å². The van der Waals surface area contributed by atoms with E-state index in [0.29, 0.717) is 18.6 Å². The molecule has 1 fully saturated rings. The lowest BCUT2D eigenvalue weighted by atomic mass is 9.93. The molecule has 4 nitrogen and oxygen atoms in total. The van der Waals surface area contributed by atoms with Crippen LogP contribution in [0.1, 0.15) is 24.6 Å². The molecule has 3 heterocycles. The third-order valence-electron chi connectivity index (χ3n) is 5.38. The van der Waals surface area contributed by atoms with Gasteiger partial charge in [-0.25, -0.2) is 0 Å². The molecule has 1 aromatic heterocycles. The summed E-state index contributed by atoms with van der Waals surface area (Å²) in [5, 5.41) is 3.77. The van der Waals surface area contributed by atoms with Crippen LogP contribution in [0.4, 0.5) is 0 Å². The number of pyridine rings is 1. The van der Waals surface area contributed by atoms with Crippen molar-refractivity contribution in [2.45, 2.75) is 25.9 Å². The molecule has 1 N–H and O–H groups in total. The number of piperidine rings is 1. The van der Waals surface area contributed by atoms with Gasteiger partial charge in [-0.05, 0) is 42.2 Å². The Kier molecular flexibility index (Phi) is 5.32. The number of hydrogen-bond donors (Lipinski definition) is 1. The molecular weight excluding hydrogens is 322 g/mol. The fraction of sp³-hybridized carbons (Fsp3) is 0.409. The number of rotatable bonds is 5. The Labute approximate surface area is 155 Å². The molecule has 0 radical (unpaired) electrons. The molecule has 1 saturated heterocycles. The average Bonchev–Trinajstić information content (AvgIpc) is 2.68. The van der Waals surface area contributed by atoms with Gasteiger partial charge in [0.05, 0.1) is 5.69 Å². The number of nitrogens with one attached hydrogen (secondary N) is 1. The Morgan fingerprint density at radius 3 is 2.92 bits per heavy atom. The van der Waals surface area contributed by atoms with Gasteiger partial charge < -0.3 is 10.1 Å². The van der Waals surface area contributed by atoms with Crippen molar-refractivity contribution in [1.82, 2.24) is 15.2 Å². The van der Waals surface area contributed by atoms with Crippen molar-refractivity contribution in [3.63, 3.8) is 0 Å². The minimum absolute atomic E-state index is 0.563. The molecule has 2 aromatic rings. The first-order valence-electron chi connectivity index (χ1n) is 9.55. The molecule has 2 aliphatic rings. The van der Waals surface area contributed by atoms with Crippen molar-refractivity contribution in [3.8, 4) is 5.75 Å². The van der Waals surface area contributed by atoms with Crippen LogP contribution in [0.25, 0.3) is 6.08 Å². The standard InChI is InChI=1S/C22H27N3O/c1-17-14-25(15-20-7-4-5-10-23-20)11-9-21(17)24-13-18-12-19-6-2-3-8-22(19)26-16-18/h2-8,10,12,17,21,24H,9,11,13-16H2,1H3. The van der Waals surface area contributed by atoms with Crippen LogP contribution in [-0.2, 0) is 6.54 Å². The largest absolute Gasteiger partial charge is 0.489 e. The Morgan fingerprint density at radius 1 is 1.19 bits per heavy atom. The fourth-order valence-corrected chi connectivity index (χ4v) is 3.93. The zero-order valence-corrected chi connectivity index (χ0v) is 15.4. The molecule has 0 aliphatic carbocycles. The van der Waals surface area contributed by atoms with E-state index >= 15 is 0 Å². The molecule has 2 unspecified atom stereocenters. The normalized spacial score (nSPS) is 23.0. The molecule has 1 aromatic carbocycles. The molecule has 0 spiro atoms. The van der Waals surface area contributed by atoms with E-state index in [-0.39, 0.29) is 0 Å². The number of aromatic nitrogens is 1. The molecule has 0 bridgehead atoms. The van der Waals surface area contributed by atoms with Gasteiger partial charge >= 0.3 is 0 Å². The zero-order chi connectivity index (χ0) is 17.8. The SMILES string of the molecule is CC1CN(Cc2ccccn2)CCC1NCC1=Cc2ccccc2OC1. The summed E-state index contributed by atoms with van der Waals surface area (Å²) < 4.78 is 5.86. The first-order chi connectivity index (χ1) is 12.8. The summed E-state index contributed by atoms with van der Waals surface area (Å²) in [6.07, 6.45) is 5.33. The van der Waals surface area contributed by atoms with Gasteiger partial charge in [-0.3, -0.25) is 9.88 Å². The zero-order valence-electron chi connectivity index (χ0n) is 15.4. The van der Waals surface area contributed by atoms with Crippen molar-refractivity contribution in [3.05, 3.63) is 65.5 Å². The maximum atomic E-state index is 5.86. The predicted molar refractivity (Wildman–Crippen MR) is 105 cm³/mol. The van der Waals surface area contributed by atoms with E-state index in [2.05, 4.69) is 52.5 Å². The molecular formula is C22H27N3O. The highest BCUT2D eigenvalue weighted by Gasteiger charge is 2.26. The van der Waals surface area contributed by atoms with Crippen LogP contribution < -0.4 is 10.1 Å². The second-order valence-corrected chi connectivity index (χ2v) is 7.44. The van der Waals surface area contributed by atoms with Crippen molar-refractivity contribution in [2.24, 2.45) is 5.92 Å². The molecule has 0 amide bonds. The molecule has 2 atom stereocenters. The Morgan fingerprint density at radius 2 is 2.08 bits per heavy atom. The molecule has 26 heavy (non-hydrogen) atoms. The summed E-state index contributed by atoms with van der Waals surface area (Å²) in [5.41, 5.74) is 3.68. The predicted octanol–water partition coefficient (Wildman–Crippen LogP) is 3.36. The second kappa shape index (κ2) is 8.02. The van der Waals surface area contributed by atoms with Gasteiger partial charge in [-0.15, -0.1) is 0 Å². The molecule has 136 valence electrons. The van der Waals surface area contributed by atoms with Crippen molar-refractivity contribution >= 4 is 6.08 Å². The first-order valence-corrected chi connectivity index (χ1v) is 9.55. The van der Waals surface area contributed by atoms with E-state index in [0.717, 1.165) is 37.6 Å². The first kappa shape index (κ1) is 17.3. The molecule has 4 rings (SSSR count). The molecule has 4 heteroatoms. The summed E-state index contributed by atoms with van der Waals surface area (Å²) in [4.78, 5) is 6.97. The third-order valence-corrected chi connectivity index (χ3v) is 5.38. The summed E-state index contributed by atoms with van der Waals surface area (Å²) in [6, 6.07) is 15.0. The van der Waals surface area contributed by atoms with Gasteiger partial charge in [0, 0.05) is 44.0 Å². The van der Waals surface area contributed by atoms with Gasteiger partial charge in [0.1, 0.15) is 12.4 Å². The lowest BCUT2D eigenvalue weighted by molar-refractivity contribution is 0.141. The van der Waals surface area contributed by atoms with Crippen LogP contribution in [0, 0.1) is 5.92 Å². The van der Waals surface area contributed by atoms with Crippen LogP contribution in [0.15, 0.2) is 54.2 Å². The van der Waals surface area contributed by atoms with Crippen LogP contribution in [0.3, 0.4) is 0 Å². The lowest BCUT2D eigenvalue weighted by Crippen LogP contribution is -2.48. The Balaban J connectivity index is 1.28. The summed E-state index contributed by atoms with van der Waals surface area (Å²) in [5.74, 6) is 1.62.